The Kier molecular flexibility index (Phi) is 4.37. The average molecular weight is 364 g/mol. The molecule has 2 heterocycles. The van der Waals surface area contributed by atoms with Gasteiger partial charge in [-0.2, -0.15) is 0 Å². The van der Waals surface area contributed by atoms with Crippen molar-refractivity contribution in [2.24, 2.45) is 14.1 Å². The summed E-state index contributed by atoms with van der Waals surface area (Å²) in [6.45, 7) is 0. The summed E-state index contributed by atoms with van der Waals surface area (Å²) in [5.74, 6) is -0.389. The Morgan fingerprint density at radius 2 is 1.96 bits per heavy atom. The van der Waals surface area contributed by atoms with Crippen molar-refractivity contribution >= 4 is 40.9 Å². The number of benzene rings is 1. The van der Waals surface area contributed by atoms with Gasteiger partial charge in [0.05, 0.1) is 5.75 Å². The molecule has 1 aromatic carbocycles. The number of nitrogens with zero attached hydrogens (tertiary/aromatic N) is 3. The van der Waals surface area contributed by atoms with Crippen LogP contribution in [-0.4, -0.2) is 30.6 Å². The molecular formula is C15H13FN4O2S2. The van der Waals surface area contributed by atoms with Crippen LogP contribution in [0.25, 0.3) is 11.2 Å². The first-order valence-corrected chi connectivity index (χ1v) is 8.35. The fourth-order valence-corrected chi connectivity index (χ4v) is 3.21. The molecule has 0 unspecified atom stereocenters. The third-order valence-corrected chi connectivity index (χ3v) is 4.93. The van der Waals surface area contributed by atoms with Gasteiger partial charge in [-0.25, -0.2) is 14.2 Å². The van der Waals surface area contributed by atoms with Crippen LogP contribution in [-0.2, 0) is 14.1 Å². The van der Waals surface area contributed by atoms with Gasteiger partial charge in [-0.15, -0.1) is 0 Å². The van der Waals surface area contributed by atoms with Crippen molar-refractivity contribution in [1.82, 2.24) is 19.1 Å². The second kappa shape index (κ2) is 6.33. The molecule has 3 aromatic rings. The van der Waals surface area contributed by atoms with Gasteiger partial charge in [-0.05, 0) is 24.3 Å². The highest BCUT2D eigenvalue weighted by atomic mass is 32.2. The first-order valence-electron chi connectivity index (χ1n) is 6.96. The number of hydrogen-bond donors (Lipinski definition) is 1. The molecule has 124 valence electrons. The lowest BCUT2D eigenvalue weighted by Gasteiger charge is -2.02. The number of thioether (sulfide) groups is 1. The highest BCUT2D eigenvalue weighted by Crippen LogP contribution is 2.20. The zero-order valence-corrected chi connectivity index (χ0v) is 14.5. The average Bonchev–Trinajstić information content (AvgIpc) is 3.01. The molecular weight excluding hydrogens is 351 g/mol. The number of H-pyrrole nitrogens is 1. The topological polar surface area (TPSA) is 72.7 Å². The molecule has 0 amide bonds. The molecule has 0 saturated carbocycles. The van der Waals surface area contributed by atoms with Crippen LogP contribution in [0.2, 0.25) is 0 Å². The van der Waals surface area contributed by atoms with Crippen molar-refractivity contribution < 1.29 is 9.18 Å². The van der Waals surface area contributed by atoms with Crippen molar-refractivity contribution in [2.45, 2.75) is 5.16 Å². The summed E-state index contributed by atoms with van der Waals surface area (Å²) in [6.07, 6.45) is 0. The van der Waals surface area contributed by atoms with E-state index in [1.165, 1.54) is 45.2 Å². The Balaban J connectivity index is 1.86. The highest BCUT2D eigenvalue weighted by molar-refractivity contribution is 7.99. The van der Waals surface area contributed by atoms with Crippen LogP contribution in [0.4, 0.5) is 4.39 Å². The lowest BCUT2D eigenvalue weighted by molar-refractivity contribution is 0.102. The second-order valence-electron chi connectivity index (χ2n) is 5.17. The number of hydrogen-bond acceptors (Lipinski definition) is 5. The summed E-state index contributed by atoms with van der Waals surface area (Å²) < 4.78 is 16.0. The number of aromatic nitrogens is 4. The predicted molar refractivity (Wildman–Crippen MR) is 92.6 cm³/mol. The molecule has 0 atom stereocenters. The van der Waals surface area contributed by atoms with Crippen molar-refractivity contribution in [3.05, 3.63) is 50.8 Å². The number of carbonyl (C=O) groups excluding carboxylic acids is 1. The van der Waals surface area contributed by atoms with Gasteiger partial charge in [0.25, 0.3) is 0 Å². The van der Waals surface area contributed by atoms with Gasteiger partial charge in [0.15, 0.2) is 16.6 Å². The normalized spacial score (nSPS) is 11.1. The Morgan fingerprint density at radius 3 is 2.62 bits per heavy atom. The maximum Gasteiger partial charge on any atom is 0.330 e. The number of nitrogens with one attached hydrogen (secondary N) is 1. The fraction of sp³-hybridized carbons (Fsp3) is 0.200. The molecule has 3 rings (SSSR count). The SMILES string of the molecule is Cn1c(=S)c2[nH]c(SCC(=O)c3ccc(F)cc3)nc2n(C)c1=O. The standard InChI is InChI=1S/C15H13FN4O2S2/c1-19-12-11(13(23)20(2)15(19)22)17-14(18-12)24-7-10(21)8-3-5-9(16)6-4-8/h3-6H,7H2,1-2H3,(H,17,18). The summed E-state index contributed by atoms with van der Waals surface area (Å²) in [5.41, 5.74) is 1.19. The molecule has 24 heavy (non-hydrogen) atoms. The third kappa shape index (κ3) is 2.92. The first-order chi connectivity index (χ1) is 11.4. The van der Waals surface area contributed by atoms with E-state index in [2.05, 4.69) is 9.97 Å². The van der Waals surface area contributed by atoms with Crippen LogP contribution >= 0.6 is 24.0 Å². The van der Waals surface area contributed by atoms with Gasteiger partial charge < -0.3 is 4.98 Å². The summed E-state index contributed by atoms with van der Waals surface area (Å²) in [7, 11) is 3.20. The molecule has 0 bridgehead atoms. The van der Waals surface area contributed by atoms with Crippen molar-refractivity contribution in [2.75, 3.05) is 5.75 Å². The first kappa shape index (κ1) is 16.6. The number of Topliss-reactive ketones (excluding diaryl/α,β-unsaturated/α-hetero) is 1. The largest absolute Gasteiger partial charge is 0.330 e. The van der Waals surface area contributed by atoms with E-state index in [0.29, 0.717) is 26.5 Å². The quantitative estimate of drug-likeness (QED) is 0.437. The van der Waals surface area contributed by atoms with Gasteiger partial charge in [-0.1, -0.05) is 24.0 Å². The number of aryl methyl sites for hydroxylation is 1. The summed E-state index contributed by atoms with van der Waals surface area (Å²) in [6, 6.07) is 5.39. The maximum atomic E-state index is 12.9. The zero-order valence-electron chi connectivity index (χ0n) is 12.9. The number of carbonyl (C=O) groups is 1. The lowest BCUT2D eigenvalue weighted by atomic mass is 10.1. The minimum Gasteiger partial charge on any atom is -0.329 e. The molecule has 2 aromatic heterocycles. The number of imidazole rings is 1. The van der Waals surface area contributed by atoms with Gasteiger partial charge in [0.2, 0.25) is 0 Å². The molecule has 0 aliphatic heterocycles. The van der Waals surface area contributed by atoms with Crippen LogP contribution in [0, 0.1) is 10.5 Å². The fourth-order valence-electron chi connectivity index (χ4n) is 2.23. The van der Waals surface area contributed by atoms with Crippen LogP contribution in [0.1, 0.15) is 10.4 Å². The van der Waals surface area contributed by atoms with E-state index in [-0.39, 0.29) is 23.0 Å². The molecule has 1 N–H and O–H groups in total. The Hall–Kier alpha value is -2.26. The molecule has 0 fully saturated rings. The molecule has 0 aliphatic rings. The van der Waals surface area contributed by atoms with Crippen molar-refractivity contribution in [1.29, 1.82) is 0 Å². The number of rotatable bonds is 4. The van der Waals surface area contributed by atoms with Gasteiger partial charge in [0, 0.05) is 19.7 Å². The Bertz CT molecular complexity index is 1050. The molecule has 0 spiro atoms. The maximum absolute atomic E-state index is 12.9. The minimum atomic E-state index is -0.386. The third-order valence-electron chi connectivity index (χ3n) is 3.58. The monoisotopic (exact) mass is 364 g/mol. The van der Waals surface area contributed by atoms with E-state index in [1.54, 1.807) is 14.1 Å². The second-order valence-corrected chi connectivity index (χ2v) is 6.52. The van der Waals surface area contributed by atoms with E-state index in [1.807, 2.05) is 0 Å². The molecule has 9 heteroatoms. The molecule has 0 aliphatic carbocycles. The number of fused-ring (bicyclic) bond motifs is 1. The Labute approximate surface area is 145 Å². The summed E-state index contributed by atoms with van der Waals surface area (Å²) in [5, 5.41) is 0.493. The molecule has 0 radical (unpaired) electrons. The molecule has 0 saturated heterocycles. The summed E-state index contributed by atoms with van der Waals surface area (Å²) in [4.78, 5) is 31.5. The van der Waals surface area contributed by atoms with E-state index in [9.17, 15) is 14.0 Å². The van der Waals surface area contributed by atoms with E-state index in [0.717, 1.165) is 0 Å². The van der Waals surface area contributed by atoms with E-state index in [4.69, 9.17) is 12.2 Å². The van der Waals surface area contributed by atoms with Crippen molar-refractivity contribution in [3.63, 3.8) is 0 Å². The number of aromatic amines is 1. The van der Waals surface area contributed by atoms with Crippen LogP contribution < -0.4 is 5.69 Å². The van der Waals surface area contributed by atoms with Gasteiger partial charge >= 0.3 is 5.69 Å². The van der Waals surface area contributed by atoms with Crippen LogP contribution in [0.3, 0.4) is 0 Å². The number of ketones is 1. The van der Waals surface area contributed by atoms with E-state index >= 15 is 0 Å². The molecule has 6 nitrogen and oxygen atoms in total. The summed E-state index contributed by atoms with van der Waals surface area (Å²) >= 11 is 6.45. The van der Waals surface area contributed by atoms with Crippen LogP contribution in [0.5, 0.6) is 0 Å². The minimum absolute atomic E-state index is 0.137. The lowest BCUT2D eigenvalue weighted by Crippen LogP contribution is -2.27. The number of halogens is 1. The highest BCUT2D eigenvalue weighted by Gasteiger charge is 2.13. The Morgan fingerprint density at radius 1 is 1.29 bits per heavy atom. The van der Waals surface area contributed by atoms with Crippen LogP contribution in [0.15, 0.2) is 34.2 Å². The van der Waals surface area contributed by atoms with Crippen molar-refractivity contribution in [3.8, 4) is 0 Å². The zero-order chi connectivity index (χ0) is 17.4. The van der Waals surface area contributed by atoms with Gasteiger partial charge in [-0.3, -0.25) is 13.9 Å². The van der Waals surface area contributed by atoms with Gasteiger partial charge in [0.1, 0.15) is 16.0 Å². The predicted octanol–water partition coefficient (Wildman–Crippen LogP) is 2.44. The smallest absolute Gasteiger partial charge is 0.329 e. The van der Waals surface area contributed by atoms with E-state index < -0.39 is 0 Å².